The van der Waals surface area contributed by atoms with E-state index in [0.717, 1.165) is 33.1 Å². The second kappa shape index (κ2) is 8.93. The molecule has 1 aromatic carbocycles. The largest absolute Gasteiger partial charge is 0.488 e. The molecular formula is C23H25N3O3S. The molecule has 0 bridgehead atoms. The van der Waals surface area contributed by atoms with Crippen LogP contribution in [0.1, 0.15) is 45.9 Å². The third-order valence-corrected chi connectivity index (χ3v) is 5.97. The van der Waals surface area contributed by atoms with Crippen LogP contribution in [0.5, 0.6) is 5.75 Å². The molecule has 4 rings (SSSR count). The van der Waals surface area contributed by atoms with Crippen LogP contribution in [0.2, 0.25) is 0 Å². The predicted octanol–water partition coefficient (Wildman–Crippen LogP) is 4.48. The van der Waals surface area contributed by atoms with Gasteiger partial charge in [0.2, 0.25) is 0 Å². The van der Waals surface area contributed by atoms with Crippen molar-refractivity contribution in [3.8, 4) is 16.3 Å². The first kappa shape index (κ1) is 20.5. The number of rotatable bonds is 6. The van der Waals surface area contributed by atoms with E-state index in [1.165, 1.54) is 0 Å². The van der Waals surface area contributed by atoms with Crippen molar-refractivity contribution in [3.05, 3.63) is 64.4 Å². The maximum Gasteiger partial charge on any atom is 0.251 e. The molecule has 1 fully saturated rings. The van der Waals surface area contributed by atoms with E-state index in [1.807, 2.05) is 51.2 Å². The van der Waals surface area contributed by atoms with Gasteiger partial charge in [-0.05, 0) is 50.6 Å². The fraction of sp³-hybridized carbons (Fsp3) is 0.348. The molecule has 1 aliphatic heterocycles. The highest BCUT2D eigenvalue weighted by molar-refractivity contribution is 7.14. The number of aryl methyl sites for hydroxylation is 2. The number of pyridine rings is 1. The smallest absolute Gasteiger partial charge is 0.251 e. The Labute approximate surface area is 180 Å². The quantitative estimate of drug-likeness (QED) is 0.633. The molecule has 1 aliphatic rings. The summed E-state index contributed by atoms with van der Waals surface area (Å²) in [4.78, 5) is 23.0. The molecule has 0 saturated carbocycles. The molecule has 3 aromatic rings. The summed E-state index contributed by atoms with van der Waals surface area (Å²) >= 11 is 1.59. The lowest BCUT2D eigenvalue weighted by Gasteiger charge is -2.17. The van der Waals surface area contributed by atoms with Gasteiger partial charge >= 0.3 is 0 Å². The van der Waals surface area contributed by atoms with Gasteiger partial charge in [-0.15, -0.1) is 11.3 Å². The second-order valence-corrected chi connectivity index (χ2v) is 8.79. The fourth-order valence-corrected chi connectivity index (χ4v) is 4.06. The molecule has 3 heterocycles. The van der Waals surface area contributed by atoms with Crippen LogP contribution in [0.4, 0.5) is 0 Å². The summed E-state index contributed by atoms with van der Waals surface area (Å²) in [6.45, 7) is 7.18. The van der Waals surface area contributed by atoms with Gasteiger partial charge in [0, 0.05) is 40.5 Å². The minimum Gasteiger partial charge on any atom is -0.488 e. The van der Waals surface area contributed by atoms with Crippen LogP contribution in [0.3, 0.4) is 0 Å². The van der Waals surface area contributed by atoms with E-state index in [1.54, 1.807) is 23.6 Å². The minimum absolute atomic E-state index is 0.00625. The van der Waals surface area contributed by atoms with Crippen molar-refractivity contribution >= 4 is 17.2 Å². The first-order valence-electron chi connectivity index (χ1n) is 10.0. The van der Waals surface area contributed by atoms with Crippen molar-refractivity contribution in [1.29, 1.82) is 0 Å². The lowest BCUT2D eigenvalue weighted by Crippen LogP contribution is -2.27. The molecule has 1 N–H and O–H groups in total. The van der Waals surface area contributed by atoms with Gasteiger partial charge in [-0.3, -0.25) is 9.78 Å². The highest BCUT2D eigenvalue weighted by Crippen LogP contribution is 2.30. The standard InChI is InChI=1S/C23H25N3O3S/c1-14-4-5-17(12-24-14)16(3)26-22(27)18-8-19(23-25-11-15(2)30-23)10-21(9-18)29-20-6-7-28-13-20/h4-5,8-12,16,20H,6-7,13H2,1-3H3,(H,26,27)/t16?,20-/m1/s1. The normalized spacial score (nSPS) is 17.0. The zero-order valence-corrected chi connectivity index (χ0v) is 18.2. The molecule has 30 heavy (non-hydrogen) atoms. The Morgan fingerprint density at radius 2 is 2.10 bits per heavy atom. The highest BCUT2D eigenvalue weighted by atomic mass is 32.1. The van der Waals surface area contributed by atoms with Crippen LogP contribution in [0.15, 0.2) is 42.7 Å². The van der Waals surface area contributed by atoms with Crippen LogP contribution in [0, 0.1) is 13.8 Å². The van der Waals surface area contributed by atoms with E-state index in [0.29, 0.717) is 24.5 Å². The first-order valence-corrected chi connectivity index (χ1v) is 10.9. The molecule has 1 amide bonds. The number of nitrogens with one attached hydrogen (secondary N) is 1. The summed E-state index contributed by atoms with van der Waals surface area (Å²) in [6, 6.07) is 9.36. The number of amides is 1. The van der Waals surface area contributed by atoms with Crippen LogP contribution in [0.25, 0.3) is 10.6 Å². The maximum atomic E-state index is 13.0. The van der Waals surface area contributed by atoms with Crippen molar-refractivity contribution in [3.63, 3.8) is 0 Å². The van der Waals surface area contributed by atoms with Gasteiger partial charge in [-0.2, -0.15) is 0 Å². The number of carbonyl (C=O) groups excluding carboxylic acids is 1. The number of thiazole rings is 1. The van der Waals surface area contributed by atoms with Gasteiger partial charge in [0.05, 0.1) is 19.3 Å². The zero-order valence-electron chi connectivity index (χ0n) is 17.3. The molecule has 7 heteroatoms. The Hall–Kier alpha value is -2.77. The predicted molar refractivity (Wildman–Crippen MR) is 117 cm³/mol. The van der Waals surface area contributed by atoms with Crippen molar-refractivity contribution in [2.24, 2.45) is 0 Å². The van der Waals surface area contributed by atoms with Crippen molar-refractivity contribution in [2.45, 2.75) is 39.3 Å². The molecule has 1 unspecified atom stereocenters. The van der Waals surface area contributed by atoms with Gasteiger partial charge in [-0.1, -0.05) is 6.07 Å². The van der Waals surface area contributed by atoms with Gasteiger partial charge < -0.3 is 14.8 Å². The van der Waals surface area contributed by atoms with E-state index >= 15 is 0 Å². The average molecular weight is 424 g/mol. The minimum atomic E-state index is -0.163. The second-order valence-electron chi connectivity index (χ2n) is 7.55. The molecule has 6 nitrogen and oxygen atoms in total. The fourth-order valence-electron chi connectivity index (χ4n) is 3.31. The molecule has 2 atom stereocenters. The molecule has 0 spiro atoms. The topological polar surface area (TPSA) is 73.3 Å². The summed E-state index contributed by atoms with van der Waals surface area (Å²) in [5, 5.41) is 3.93. The third-order valence-electron chi connectivity index (χ3n) is 5.01. The number of carbonyl (C=O) groups is 1. The molecule has 1 saturated heterocycles. The van der Waals surface area contributed by atoms with Crippen LogP contribution >= 0.6 is 11.3 Å². The number of hydrogen-bond donors (Lipinski definition) is 1. The monoisotopic (exact) mass is 423 g/mol. The maximum absolute atomic E-state index is 13.0. The Kier molecular flexibility index (Phi) is 6.11. The van der Waals surface area contributed by atoms with Gasteiger partial charge in [-0.25, -0.2) is 4.98 Å². The van der Waals surface area contributed by atoms with Crippen molar-refractivity contribution in [1.82, 2.24) is 15.3 Å². The van der Waals surface area contributed by atoms with E-state index in [4.69, 9.17) is 9.47 Å². The van der Waals surface area contributed by atoms with Gasteiger partial charge in [0.25, 0.3) is 5.91 Å². The Balaban J connectivity index is 1.59. The van der Waals surface area contributed by atoms with Crippen molar-refractivity contribution < 1.29 is 14.3 Å². The number of benzene rings is 1. The molecular weight excluding hydrogens is 398 g/mol. The number of nitrogens with zero attached hydrogens (tertiary/aromatic N) is 2. The first-order chi connectivity index (χ1) is 14.5. The van der Waals surface area contributed by atoms with E-state index < -0.39 is 0 Å². The van der Waals surface area contributed by atoms with E-state index in [2.05, 4.69) is 15.3 Å². The molecule has 156 valence electrons. The van der Waals surface area contributed by atoms with Crippen LogP contribution in [-0.2, 0) is 4.74 Å². The molecule has 2 aromatic heterocycles. The lowest BCUT2D eigenvalue weighted by atomic mass is 10.1. The third kappa shape index (κ3) is 4.86. The summed E-state index contributed by atoms with van der Waals surface area (Å²) < 4.78 is 11.5. The number of hydrogen-bond acceptors (Lipinski definition) is 6. The van der Waals surface area contributed by atoms with E-state index in [9.17, 15) is 4.79 Å². The average Bonchev–Trinajstić information content (AvgIpc) is 3.40. The highest BCUT2D eigenvalue weighted by Gasteiger charge is 2.20. The SMILES string of the molecule is Cc1ccc(C(C)NC(=O)c2cc(O[C@@H]3CCOC3)cc(-c3ncc(C)s3)c2)cn1. The Morgan fingerprint density at radius 3 is 2.77 bits per heavy atom. The summed E-state index contributed by atoms with van der Waals surface area (Å²) in [7, 11) is 0. The van der Waals surface area contributed by atoms with Crippen LogP contribution < -0.4 is 10.1 Å². The van der Waals surface area contributed by atoms with Gasteiger partial charge in [0.1, 0.15) is 16.9 Å². The zero-order chi connectivity index (χ0) is 21.1. The number of aromatic nitrogens is 2. The lowest BCUT2D eigenvalue weighted by molar-refractivity contribution is 0.0938. The molecule has 0 radical (unpaired) electrons. The summed E-state index contributed by atoms with van der Waals surface area (Å²) in [5.41, 5.74) is 3.32. The summed E-state index contributed by atoms with van der Waals surface area (Å²) in [6.07, 6.45) is 4.49. The number of ether oxygens (including phenoxy) is 2. The molecule has 0 aliphatic carbocycles. The van der Waals surface area contributed by atoms with E-state index in [-0.39, 0.29) is 18.1 Å². The summed E-state index contributed by atoms with van der Waals surface area (Å²) in [5.74, 6) is 0.497. The van der Waals surface area contributed by atoms with Crippen molar-refractivity contribution in [2.75, 3.05) is 13.2 Å². The van der Waals surface area contributed by atoms with Gasteiger partial charge in [0.15, 0.2) is 0 Å². The Bertz CT molecular complexity index is 1030. The Morgan fingerprint density at radius 1 is 1.23 bits per heavy atom. The van der Waals surface area contributed by atoms with Crippen LogP contribution in [-0.4, -0.2) is 35.2 Å².